The number of rotatable bonds is 2. The van der Waals surface area contributed by atoms with E-state index < -0.39 is 5.97 Å². The molecule has 0 aromatic heterocycles. The van der Waals surface area contributed by atoms with E-state index >= 15 is 0 Å². The van der Waals surface area contributed by atoms with Crippen molar-refractivity contribution in [3.8, 4) is 0 Å². The van der Waals surface area contributed by atoms with E-state index in [4.69, 9.17) is 4.74 Å². The molecule has 2 aromatic rings. The normalized spacial score (nSPS) is 21.1. The molecule has 0 aliphatic carbocycles. The Bertz CT molecular complexity index is 969. The maximum Gasteiger partial charge on any atom is 0.363 e. The highest BCUT2D eigenvalue weighted by Crippen LogP contribution is 2.46. The van der Waals surface area contributed by atoms with Crippen LogP contribution in [0.1, 0.15) is 25.0 Å². The Kier molecular flexibility index (Phi) is 3.76. The van der Waals surface area contributed by atoms with Gasteiger partial charge in [0, 0.05) is 29.4 Å². The molecule has 2 aliphatic heterocycles. The molecule has 0 atom stereocenters. The molecule has 2 aromatic carbocycles. The van der Waals surface area contributed by atoms with Gasteiger partial charge in [0.05, 0.1) is 0 Å². The van der Waals surface area contributed by atoms with Gasteiger partial charge in [-0.25, -0.2) is 9.79 Å². The number of aliphatic imine (C=N–C) groups is 1. The van der Waals surface area contributed by atoms with Gasteiger partial charge in [-0.2, -0.15) is 0 Å². The second-order valence-corrected chi connectivity index (χ2v) is 6.98. The Labute approximate surface area is 153 Å². The molecule has 0 spiro atoms. The number of carbonyl (C=O) groups excluding carboxylic acids is 1. The van der Waals surface area contributed by atoms with E-state index in [9.17, 15) is 4.79 Å². The summed E-state index contributed by atoms with van der Waals surface area (Å²) in [5.41, 5.74) is 4.54. The molecule has 130 valence electrons. The van der Waals surface area contributed by atoms with Gasteiger partial charge in [-0.1, -0.05) is 50.2 Å². The Hall–Kier alpha value is -3.14. The van der Waals surface area contributed by atoms with Gasteiger partial charge in [-0.05, 0) is 35.9 Å². The lowest BCUT2D eigenvalue weighted by Crippen LogP contribution is -2.22. The lowest BCUT2D eigenvalue weighted by molar-refractivity contribution is -0.130. The fraction of sp³-hybridized carbons (Fsp3) is 0.182. The first-order valence-electron chi connectivity index (χ1n) is 8.60. The van der Waals surface area contributed by atoms with E-state index in [1.54, 1.807) is 6.08 Å². The molecule has 0 unspecified atom stereocenters. The third kappa shape index (κ3) is 2.54. The molecular formula is C22H20N2O2. The van der Waals surface area contributed by atoms with Crippen LogP contribution in [-0.2, 0) is 14.9 Å². The predicted molar refractivity (Wildman–Crippen MR) is 103 cm³/mol. The van der Waals surface area contributed by atoms with E-state index in [-0.39, 0.29) is 5.41 Å². The van der Waals surface area contributed by atoms with Crippen molar-refractivity contribution < 1.29 is 9.53 Å². The summed E-state index contributed by atoms with van der Waals surface area (Å²) in [6, 6.07) is 17.8. The number of benzene rings is 2. The third-order valence-electron chi connectivity index (χ3n) is 4.98. The van der Waals surface area contributed by atoms with Gasteiger partial charge in [-0.3, -0.25) is 0 Å². The summed E-state index contributed by atoms with van der Waals surface area (Å²) in [4.78, 5) is 18.7. The Morgan fingerprint density at radius 3 is 2.42 bits per heavy atom. The monoisotopic (exact) mass is 344 g/mol. The minimum absolute atomic E-state index is 0.142. The number of hydrogen-bond acceptors (Lipinski definition) is 4. The second-order valence-electron chi connectivity index (χ2n) is 6.98. The van der Waals surface area contributed by atoms with Gasteiger partial charge in [0.2, 0.25) is 5.90 Å². The first-order valence-corrected chi connectivity index (χ1v) is 8.60. The molecule has 2 heterocycles. The lowest BCUT2D eigenvalue weighted by Gasteiger charge is -2.23. The number of para-hydroxylation sites is 1. The molecule has 0 fully saturated rings. The molecule has 4 nitrogen and oxygen atoms in total. The van der Waals surface area contributed by atoms with Crippen molar-refractivity contribution in [3.63, 3.8) is 0 Å². The number of fused-ring (bicyclic) bond motifs is 1. The largest absolute Gasteiger partial charge is 0.402 e. The quantitative estimate of drug-likeness (QED) is 0.606. The summed E-state index contributed by atoms with van der Waals surface area (Å²) in [5.74, 6) is -0.0701. The van der Waals surface area contributed by atoms with E-state index in [1.165, 1.54) is 11.3 Å². The number of nitrogens with zero attached hydrogens (tertiary/aromatic N) is 2. The molecule has 26 heavy (non-hydrogen) atoms. The molecule has 0 N–H and O–H groups in total. The van der Waals surface area contributed by atoms with E-state index in [0.29, 0.717) is 11.6 Å². The molecule has 0 saturated heterocycles. The maximum atomic E-state index is 12.2. The zero-order valence-corrected chi connectivity index (χ0v) is 15.1. The Balaban J connectivity index is 1.69. The summed E-state index contributed by atoms with van der Waals surface area (Å²) >= 11 is 0. The van der Waals surface area contributed by atoms with Crippen LogP contribution in [0.15, 0.2) is 83.1 Å². The number of likely N-dealkylation sites (N-methyl/N-ethyl adjacent to an activating group) is 1. The topological polar surface area (TPSA) is 41.9 Å². The van der Waals surface area contributed by atoms with Crippen LogP contribution in [0.3, 0.4) is 0 Å². The lowest BCUT2D eigenvalue weighted by atomic mass is 9.84. The molecule has 2 aliphatic rings. The zero-order valence-electron chi connectivity index (χ0n) is 15.1. The Morgan fingerprint density at radius 2 is 1.69 bits per heavy atom. The molecule has 0 radical (unpaired) electrons. The van der Waals surface area contributed by atoms with Crippen molar-refractivity contribution in [1.29, 1.82) is 0 Å². The van der Waals surface area contributed by atoms with Crippen LogP contribution < -0.4 is 4.90 Å². The van der Waals surface area contributed by atoms with Crippen LogP contribution in [0.5, 0.6) is 0 Å². The van der Waals surface area contributed by atoms with Crippen LogP contribution in [0, 0.1) is 0 Å². The zero-order chi connectivity index (χ0) is 18.3. The highest BCUT2D eigenvalue weighted by molar-refractivity contribution is 6.11. The van der Waals surface area contributed by atoms with Crippen LogP contribution in [-0.4, -0.2) is 18.9 Å². The average molecular weight is 344 g/mol. The fourth-order valence-electron chi connectivity index (χ4n) is 3.59. The van der Waals surface area contributed by atoms with Gasteiger partial charge in [0.15, 0.2) is 5.70 Å². The number of esters is 1. The molecular weight excluding hydrogens is 324 g/mol. The van der Waals surface area contributed by atoms with Gasteiger partial charge in [0.1, 0.15) is 0 Å². The van der Waals surface area contributed by atoms with Gasteiger partial charge in [0.25, 0.3) is 0 Å². The molecule has 0 amide bonds. The van der Waals surface area contributed by atoms with Crippen LogP contribution in [0.4, 0.5) is 5.69 Å². The van der Waals surface area contributed by atoms with Crippen molar-refractivity contribution in [1.82, 2.24) is 0 Å². The fourth-order valence-corrected chi connectivity index (χ4v) is 3.59. The molecule has 4 rings (SSSR count). The average Bonchev–Trinajstić information content (AvgIpc) is 3.11. The van der Waals surface area contributed by atoms with E-state index in [2.05, 4.69) is 41.9 Å². The number of ether oxygens (including phenoxy) is 1. The molecule has 0 saturated carbocycles. The first kappa shape index (κ1) is 16.3. The number of hydrogen-bond donors (Lipinski definition) is 0. The van der Waals surface area contributed by atoms with E-state index in [1.807, 2.05) is 49.5 Å². The second kappa shape index (κ2) is 5.99. The highest BCUT2D eigenvalue weighted by Gasteiger charge is 2.37. The SMILES string of the molecule is CN1/C(=C\C=C2\N=C(c3ccccc3)OC2=O)C(C)(C)c2ccccc21. The summed E-state index contributed by atoms with van der Waals surface area (Å²) < 4.78 is 5.32. The van der Waals surface area contributed by atoms with Gasteiger partial charge in [-0.15, -0.1) is 0 Å². The number of allylic oxidation sites excluding steroid dienone is 3. The van der Waals surface area contributed by atoms with Crippen molar-refractivity contribution in [2.75, 3.05) is 11.9 Å². The van der Waals surface area contributed by atoms with Crippen molar-refractivity contribution >= 4 is 17.6 Å². The van der Waals surface area contributed by atoms with Crippen molar-refractivity contribution in [3.05, 3.63) is 89.3 Å². The maximum absolute atomic E-state index is 12.2. The van der Waals surface area contributed by atoms with Crippen molar-refractivity contribution in [2.45, 2.75) is 19.3 Å². The number of carbonyl (C=O) groups is 1. The minimum atomic E-state index is -0.420. The molecule has 4 heteroatoms. The minimum Gasteiger partial charge on any atom is -0.402 e. The number of anilines is 1. The van der Waals surface area contributed by atoms with Crippen LogP contribution in [0.2, 0.25) is 0 Å². The predicted octanol–water partition coefficient (Wildman–Crippen LogP) is 4.19. The van der Waals surface area contributed by atoms with E-state index in [0.717, 1.165) is 11.3 Å². The van der Waals surface area contributed by atoms with Gasteiger partial charge >= 0.3 is 5.97 Å². The Morgan fingerprint density at radius 1 is 1.00 bits per heavy atom. The third-order valence-corrected chi connectivity index (χ3v) is 4.98. The summed E-state index contributed by atoms with van der Waals surface area (Å²) in [6.45, 7) is 4.37. The standard InChI is InChI=1S/C22H20N2O2/c1-22(2)16-11-7-8-12-18(16)24(3)19(22)14-13-17-21(25)26-20(23-17)15-9-5-4-6-10-15/h4-14H,1-3H3/b17-13+,19-14-. The summed E-state index contributed by atoms with van der Waals surface area (Å²) in [7, 11) is 2.05. The van der Waals surface area contributed by atoms with Gasteiger partial charge < -0.3 is 9.64 Å². The number of cyclic esters (lactones) is 1. The highest BCUT2D eigenvalue weighted by atomic mass is 16.6. The van der Waals surface area contributed by atoms with Crippen molar-refractivity contribution in [2.24, 2.45) is 4.99 Å². The van der Waals surface area contributed by atoms with Crippen LogP contribution in [0.25, 0.3) is 0 Å². The summed E-state index contributed by atoms with van der Waals surface area (Å²) in [6.07, 6.45) is 3.71. The summed E-state index contributed by atoms with van der Waals surface area (Å²) in [5, 5.41) is 0. The smallest absolute Gasteiger partial charge is 0.363 e. The van der Waals surface area contributed by atoms with Crippen LogP contribution >= 0.6 is 0 Å². The molecule has 0 bridgehead atoms. The first-order chi connectivity index (χ1) is 12.5.